The van der Waals surface area contributed by atoms with E-state index in [-0.39, 0.29) is 11.8 Å². The molecule has 4 heterocycles. The number of hydrogen-bond acceptors (Lipinski definition) is 6. The van der Waals surface area contributed by atoms with Gasteiger partial charge in [-0.05, 0) is 36.2 Å². The zero-order valence-electron chi connectivity index (χ0n) is 16.3. The number of hydrogen-bond donors (Lipinski definition) is 1. The number of piperazine rings is 1. The molecule has 0 aliphatic carbocycles. The Kier molecular flexibility index (Phi) is 5.07. The topological polar surface area (TPSA) is 68.8 Å². The standard InChI is InChI=1S/C21H25N5O2S/c27-20(16-1-2-17-10-22-4-3-15(17)9-16)26-11-18(12-26)24-5-7-25(8-6-24)21(28)19-13-29-14-23-19/h1-2,9,13-14,18,22H,3-8,10-12H2. The summed E-state index contributed by atoms with van der Waals surface area (Å²) in [5, 5.41) is 5.17. The second-order valence-electron chi connectivity index (χ2n) is 7.98. The average Bonchev–Trinajstić information content (AvgIpc) is 3.27. The molecule has 29 heavy (non-hydrogen) atoms. The van der Waals surface area contributed by atoms with Crippen LogP contribution in [-0.4, -0.2) is 83.4 Å². The van der Waals surface area contributed by atoms with Crippen LogP contribution in [0.15, 0.2) is 29.1 Å². The Balaban J connectivity index is 1.13. The van der Waals surface area contributed by atoms with Crippen LogP contribution in [0.5, 0.6) is 0 Å². The number of aromatic nitrogens is 1. The van der Waals surface area contributed by atoms with Gasteiger partial charge < -0.3 is 15.1 Å². The molecule has 8 heteroatoms. The maximum absolute atomic E-state index is 12.8. The van der Waals surface area contributed by atoms with Gasteiger partial charge >= 0.3 is 0 Å². The minimum atomic E-state index is 0.0268. The summed E-state index contributed by atoms with van der Waals surface area (Å²) in [4.78, 5) is 35.6. The molecule has 1 aromatic carbocycles. The molecule has 7 nitrogen and oxygen atoms in total. The summed E-state index contributed by atoms with van der Waals surface area (Å²) in [6, 6.07) is 6.53. The molecule has 2 amide bonds. The number of fused-ring (bicyclic) bond motifs is 1. The largest absolute Gasteiger partial charge is 0.335 e. The van der Waals surface area contributed by atoms with Crippen LogP contribution in [-0.2, 0) is 13.0 Å². The van der Waals surface area contributed by atoms with Crippen molar-refractivity contribution in [2.75, 3.05) is 45.8 Å². The van der Waals surface area contributed by atoms with Gasteiger partial charge in [-0.15, -0.1) is 11.3 Å². The molecule has 3 aliphatic rings. The van der Waals surface area contributed by atoms with Crippen LogP contribution in [0.1, 0.15) is 32.0 Å². The van der Waals surface area contributed by atoms with E-state index in [2.05, 4.69) is 27.3 Å². The van der Waals surface area contributed by atoms with Crippen molar-refractivity contribution in [3.63, 3.8) is 0 Å². The maximum Gasteiger partial charge on any atom is 0.273 e. The number of carbonyl (C=O) groups is 2. The zero-order valence-corrected chi connectivity index (χ0v) is 17.2. The van der Waals surface area contributed by atoms with Crippen molar-refractivity contribution in [2.45, 2.75) is 19.0 Å². The predicted octanol–water partition coefficient (Wildman–Crippen LogP) is 1.07. The maximum atomic E-state index is 12.8. The van der Waals surface area contributed by atoms with Gasteiger partial charge in [0, 0.05) is 62.8 Å². The molecule has 1 N–H and O–H groups in total. The number of rotatable bonds is 3. The monoisotopic (exact) mass is 411 g/mol. The first kappa shape index (κ1) is 18.7. The number of nitrogens with zero attached hydrogens (tertiary/aromatic N) is 4. The fourth-order valence-electron chi connectivity index (χ4n) is 4.42. The molecule has 0 radical (unpaired) electrons. The van der Waals surface area contributed by atoms with Crippen LogP contribution in [0.3, 0.4) is 0 Å². The summed E-state index contributed by atoms with van der Waals surface area (Å²) in [5.41, 5.74) is 5.66. The van der Waals surface area contributed by atoms with Gasteiger partial charge in [-0.25, -0.2) is 4.98 Å². The predicted molar refractivity (Wildman–Crippen MR) is 111 cm³/mol. The highest BCUT2D eigenvalue weighted by molar-refractivity contribution is 7.07. The van der Waals surface area contributed by atoms with Gasteiger partial charge in [-0.1, -0.05) is 6.07 Å². The summed E-state index contributed by atoms with van der Waals surface area (Å²) in [6.07, 6.45) is 0.989. The van der Waals surface area contributed by atoms with Crippen LogP contribution in [0.25, 0.3) is 0 Å². The van der Waals surface area contributed by atoms with Crippen molar-refractivity contribution in [1.29, 1.82) is 0 Å². The highest BCUT2D eigenvalue weighted by Crippen LogP contribution is 2.22. The Labute approximate surface area is 174 Å². The highest BCUT2D eigenvalue weighted by atomic mass is 32.1. The lowest BCUT2D eigenvalue weighted by Crippen LogP contribution is -2.64. The number of thiazole rings is 1. The average molecular weight is 412 g/mol. The van der Waals surface area contributed by atoms with Crippen LogP contribution in [0.2, 0.25) is 0 Å². The van der Waals surface area contributed by atoms with E-state index < -0.39 is 0 Å². The Morgan fingerprint density at radius 1 is 1.03 bits per heavy atom. The van der Waals surface area contributed by atoms with E-state index in [1.54, 1.807) is 10.9 Å². The third kappa shape index (κ3) is 3.68. The normalized spacial score (nSPS) is 20.3. The summed E-state index contributed by atoms with van der Waals surface area (Å²) in [7, 11) is 0. The van der Waals surface area contributed by atoms with Gasteiger partial charge in [0.05, 0.1) is 5.51 Å². The van der Waals surface area contributed by atoms with Crippen LogP contribution >= 0.6 is 11.3 Å². The molecule has 2 aromatic rings. The van der Waals surface area contributed by atoms with Gasteiger partial charge in [-0.2, -0.15) is 0 Å². The second-order valence-corrected chi connectivity index (χ2v) is 8.69. The van der Waals surface area contributed by atoms with E-state index in [4.69, 9.17) is 0 Å². The molecule has 2 saturated heterocycles. The molecular formula is C21H25N5O2S. The van der Waals surface area contributed by atoms with Crippen LogP contribution < -0.4 is 5.32 Å². The first-order valence-electron chi connectivity index (χ1n) is 10.2. The third-order valence-corrected chi connectivity index (χ3v) is 6.85. The second kappa shape index (κ2) is 7.85. The van der Waals surface area contributed by atoms with Crippen LogP contribution in [0.4, 0.5) is 0 Å². The van der Waals surface area contributed by atoms with E-state index in [9.17, 15) is 9.59 Å². The lowest BCUT2D eigenvalue weighted by Gasteiger charge is -2.48. The smallest absolute Gasteiger partial charge is 0.273 e. The van der Waals surface area contributed by atoms with Crippen molar-refractivity contribution in [3.8, 4) is 0 Å². The Bertz CT molecular complexity index is 902. The summed E-state index contributed by atoms with van der Waals surface area (Å²) >= 11 is 1.45. The summed E-state index contributed by atoms with van der Waals surface area (Å²) in [5.74, 6) is 0.166. The quantitative estimate of drug-likeness (QED) is 0.818. The number of amides is 2. The number of benzene rings is 1. The molecule has 0 unspecified atom stereocenters. The van der Waals surface area contributed by atoms with Gasteiger partial charge in [-0.3, -0.25) is 14.5 Å². The highest BCUT2D eigenvalue weighted by Gasteiger charge is 2.37. The van der Waals surface area contributed by atoms with Crippen molar-refractivity contribution in [3.05, 3.63) is 51.5 Å². The lowest BCUT2D eigenvalue weighted by molar-refractivity contribution is 0.00843. The SMILES string of the molecule is O=C(c1ccc2c(c1)CCNC2)N1CC(N2CCN(C(=O)c3cscn3)CC2)C1. The first-order chi connectivity index (χ1) is 14.2. The molecule has 0 bridgehead atoms. The Hall–Kier alpha value is -2.29. The Morgan fingerprint density at radius 3 is 2.62 bits per heavy atom. The fraction of sp³-hybridized carbons (Fsp3) is 0.476. The molecule has 0 atom stereocenters. The van der Waals surface area contributed by atoms with E-state index in [1.807, 2.05) is 15.9 Å². The Morgan fingerprint density at radius 2 is 1.86 bits per heavy atom. The van der Waals surface area contributed by atoms with E-state index in [1.165, 1.54) is 22.5 Å². The minimum Gasteiger partial charge on any atom is -0.335 e. The van der Waals surface area contributed by atoms with E-state index >= 15 is 0 Å². The number of nitrogens with one attached hydrogen (secondary N) is 1. The van der Waals surface area contributed by atoms with E-state index in [0.717, 1.165) is 64.3 Å². The zero-order chi connectivity index (χ0) is 19.8. The lowest BCUT2D eigenvalue weighted by atomic mass is 9.97. The van der Waals surface area contributed by atoms with E-state index in [0.29, 0.717) is 11.7 Å². The van der Waals surface area contributed by atoms with Crippen molar-refractivity contribution < 1.29 is 9.59 Å². The van der Waals surface area contributed by atoms with Crippen molar-refractivity contribution >= 4 is 23.2 Å². The molecule has 1 aromatic heterocycles. The first-order valence-corrected chi connectivity index (χ1v) is 11.2. The fourth-order valence-corrected chi connectivity index (χ4v) is 4.94. The third-order valence-electron chi connectivity index (χ3n) is 6.26. The number of carbonyl (C=O) groups excluding carboxylic acids is 2. The molecule has 5 rings (SSSR count). The summed E-state index contributed by atoms with van der Waals surface area (Å²) in [6.45, 7) is 6.58. The molecule has 0 saturated carbocycles. The number of likely N-dealkylation sites (tertiary alicyclic amines) is 1. The van der Waals surface area contributed by atoms with Crippen molar-refractivity contribution in [1.82, 2.24) is 25.0 Å². The van der Waals surface area contributed by atoms with Crippen molar-refractivity contribution in [2.24, 2.45) is 0 Å². The molecule has 152 valence electrons. The van der Waals surface area contributed by atoms with Gasteiger partial charge in [0.15, 0.2) is 0 Å². The molecule has 2 fully saturated rings. The minimum absolute atomic E-state index is 0.0268. The summed E-state index contributed by atoms with van der Waals surface area (Å²) < 4.78 is 0. The van der Waals surface area contributed by atoms with Gasteiger partial charge in [0.2, 0.25) is 0 Å². The molecule has 0 spiro atoms. The van der Waals surface area contributed by atoms with Gasteiger partial charge in [0.25, 0.3) is 11.8 Å². The van der Waals surface area contributed by atoms with Crippen LogP contribution in [0, 0.1) is 0 Å². The van der Waals surface area contributed by atoms with Gasteiger partial charge in [0.1, 0.15) is 5.69 Å². The molecular weight excluding hydrogens is 386 g/mol. The molecule has 3 aliphatic heterocycles.